The van der Waals surface area contributed by atoms with Crippen LogP contribution in [-0.4, -0.2) is 29.4 Å². The highest BCUT2D eigenvalue weighted by molar-refractivity contribution is 5.77. The van der Waals surface area contributed by atoms with Gasteiger partial charge in [0.2, 0.25) is 0 Å². The van der Waals surface area contributed by atoms with Crippen LogP contribution in [0.25, 0.3) is 22.6 Å². The quantitative estimate of drug-likeness (QED) is 0.526. The molecular formula is C22H24N6. The maximum Gasteiger partial charge on any atom is 0.163 e. The molecule has 4 aromatic rings. The molecule has 4 heterocycles. The van der Waals surface area contributed by atoms with Gasteiger partial charge in [-0.2, -0.15) is 10.2 Å². The van der Waals surface area contributed by atoms with Gasteiger partial charge in [-0.05, 0) is 43.5 Å². The Hall–Kier alpha value is -3.02. The summed E-state index contributed by atoms with van der Waals surface area (Å²) in [5.74, 6) is 1.38. The molecule has 0 bridgehead atoms. The molecule has 1 aliphatic carbocycles. The highest BCUT2D eigenvalue weighted by Crippen LogP contribution is 2.33. The van der Waals surface area contributed by atoms with E-state index in [0.717, 1.165) is 29.0 Å². The third-order valence-corrected chi connectivity index (χ3v) is 5.75. The molecule has 4 aromatic heterocycles. The largest absolute Gasteiger partial charge is 0.236 e. The Balaban J connectivity index is 1.57. The molecule has 6 heteroatoms. The van der Waals surface area contributed by atoms with Gasteiger partial charge >= 0.3 is 0 Å². The van der Waals surface area contributed by atoms with Crippen molar-refractivity contribution in [1.82, 2.24) is 29.4 Å². The minimum atomic E-state index is 0.576. The van der Waals surface area contributed by atoms with Gasteiger partial charge in [0.1, 0.15) is 0 Å². The van der Waals surface area contributed by atoms with Gasteiger partial charge in [-0.3, -0.25) is 0 Å². The number of pyridine rings is 1. The van der Waals surface area contributed by atoms with Crippen LogP contribution in [0.3, 0.4) is 0 Å². The Morgan fingerprint density at radius 1 is 1.07 bits per heavy atom. The minimum Gasteiger partial charge on any atom is -0.236 e. The zero-order valence-electron chi connectivity index (χ0n) is 16.1. The van der Waals surface area contributed by atoms with Gasteiger partial charge in [-0.1, -0.05) is 26.2 Å². The third kappa shape index (κ3) is 2.99. The number of nitrogens with zero attached hydrogens (tertiary/aromatic N) is 6. The van der Waals surface area contributed by atoms with Crippen molar-refractivity contribution >= 4 is 5.65 Å². The van der Waals surface area contributed by atoms with E-state index in [-0.39, 0.29) is 0 Å². The lowest BCUT2D eigenvalue weighted by Crippen LogP contribution is -2.10. The second-order valence-electron chi connectivity index (χ2n) is 7.51. The standard InChI is InChI=1S/C22H24N6/c1-2-18-13-20(16-7-4-3-5-8-16)26-22-19(15-25-28(18)22)17-9-10-21(23-14-17)27-12-6-11-24-27/h6,9-16H,2-5,7-8H2,1H3. The van der Waals surface area contributed by atoms with Crippen LogP contribution in [0.5, 0.6) is 0 Å². The molecule has 0 unspecified atom stereocenters. The molecule has 0 radical (unpaired) electrons. The minimum absolute atomic E-state index is 0.576. The van der Waals surface area contributed by atoms with Crippen LogP contribution in [0.4, 0.5) is 0 Å². The van der Waals surface area contributed by atoms with Crippen LogP contribution >= 0.6 is 0 Å². The fraction of sp³-hybridized carbons (Fsp3) is 0.364. The second-order valence-corrected chi connectivity index (χ2v) is 7.51. The number of fused-ring (bicyclic) bond motifs is 1. The van der Waals surface area contributed by atoms with Crippen molar-refractivity contribution in [3.8, 4) is 16.9 Å². The van der Waals surface area contributed by atoms with Crippen molar-refractivity contribution in [2.45, 2.75) is 51.4 Å². The summed E-state index contributed by atoms with van der Waals surface area (Å²) < 4.78 is 3.75. The van der Waals surface area contributed by atoms with E-state index in [1.165, 1.54) is 43.5 Å². The van der Waals surface area contributed by atoms with E-state index >= 15 is 0 Å². The first kappa shape index (κ1) is 17.1. The normalized spacial score (nSPS) is 15.3. The summed E-state index contributed by atoms with van der Waals surface area (Å²) in [6.07, 6.45) is 14.8. The Bertz CT molecular complexity index is 1070. The van der Waals surface area contributed by atoms with Gasteiger partial charge < -0.3 is 0 Å². The van der Waals surface area contributed by atoms with Crippen molar-refractivity contribution < 1.29 is 0 Å². The molecule has 6 nitrogen and oxygen atoms in total. The second kappa shape index (κ2) is 7.19. The summed E-state index contributed by atoms with van der Waals surface area (Å²) in [5, 5.41) is 8.87. The van der Waals surface area contributed by atoms with E-state index in [0.29, 0.717) is 5.92 Å². The summed E-state index contributed by atoms with van der Waals surface area (Å²) in [6, 6.07) is 8.21. The van der Waals surface area contributed by atoms with E-state index in [9.17, 15) is 0 Å². The average Bonchev–Trinajstić information content (AvgIpc) is 3.44. The van der Waals surface area contributed by atoms with E-state index in [2.05, 4.69) is 34.2 Å². The molecule has 5 rings (SSSR count). The number of hydrogen-bond donors (Lipinski definition) is 0. The Kier molecular flexibility index (Phi) is 4.39. The van der Waals surface area contributed by atoms with Gasteiger partial charge in [0.25, 0.3) is 0 Å². The summed E-state index contributed by atoms with van der Waals surface area (Å²) in [5.41, 5.74) is 5.45. The zero-order chi connectivity index (χ0) is 18.9. The van der Waals surface area contributed by atoms with Crippen LogP contribution in [0.1, 0.15) is 56.3 Å². The number of hydrogen-bond acceptors (Lipinski definition) is 4. The highest BCUT2D eigenvalue weighted by atomic mass is 15.3. The maximum atomic E-state index is 5.07. The van der Waals surface area contributed by atoms with Crippen LogP contribution < -0.4 is 0 Å². The lowest BCUT2D eigenvalue weighted by atomic mass is 9.86. The molecule has 142 valence electrons. The number of rotatable bonds is 4. The molecular weight excluding hydrogens is 348 g/mol. The lowest BCUT2D eigenvalue weighted by Gasteiger charge is -2.21. The fourth-order valence-electron chi connectivity index (χ4n) is 4.19. The number of aromatic nitrogens is 6. The predicted octanol–water partition coefficient (Wildman–Crippen LogP) is 4.59. The lowest BCUT2D eigenvalue weighted by molar-refractivity contribution is 0.436. The molecule has 0 amide bonds. The van der Waals surface area contributed by atoms with Gasteiger partial charge in [-0.15, -0.1) is 0 Å². The molecule has 0 atom stereocenters. The van der Waals surface area contributed by atoms with Gasteiger partial charge in [0.15, 0.2) is 11.5 Å². The van der Waals surface area contributed by atoms with Gasteiger partial charge in [0, 0.05) is 47.0 Å². The average molecular weight is 372 g/mol. The van der Waals surface area contributed by atoms with Crippen molar-refractivity contribution in [1.29, 1.82) is 0 Å². The summed E-state index contributed by atoms with van der Waals surface area (Å²) in [4.78, 5) is 9.65. The molecule has 0 saturated heterocycles. The smallest absolute Gasteiger partial charge is 0.163 e. The van der Waals surface area contributed by atoms with Crippen molar-refractivity contribution in [2.75, 3.05) is 0 Å². The molecule has 28 heavy (non-hydrogen) atoms. The fourth-order valence-corrected chi connectivity index (χ4v) is 4.19. The molecule has 1 aliphatic rings. The predicted molar refractivity (Wildman–Crippen MR) is 109 cm³/mol. The summed E-state index contributed by atoms with van der Waals surface area (Å²) in [7, 11) is 0. The monoisotopic (exact) mass is 372 g/mol. The third-order valence-electron chi connectivity index (χ3n) is 5.75. The Morgan fingerprint density at radius 2 is 1.96 bits per heavy atom. The number of aryl methyl sites for hydroxylation is 1. The van der Waals surface area contributed by atoms with E-state index < -0.39 is 0 Å². The van der Waals surface area contributed by atoms with Crippen molar-refractivity contribution in [3.63, 3.8) is 0 Å². The topological polar surface area (TPSA) is 60.9 Å². The first-order chi connectivity index (χ1) is 13.8. The molecule has 0 aromatic carbocycles. The highest BCUT2D eigenvalue weighted by Gasteiger charge is 2.20. The molecule has 0 N–H and O–H groups in total. The molecule has 1 saturated carbocycles. The van der Waals surface area contributed by atoms with Gasteiger partial charge in [-0.25, -0.2) is 19.2 Å². The summed E-state index contributed by atoms with van der Waals surface area (Å²) >= 11 is 0. The van der Waals surface area contributed by atoms with E-state index in [1.807, 2.05) is 35.2 Å². The van der Waals surface area contributed by atoms with Crippen LogP contribution in [0.2, 0.25) is 0 Å². The van der Waals surface area contributed by atoms with E-state index in [1.54, 1.807) is 10.9 Å². The zero-order valence-corrected chi connectivity index (χ0v) is 16.1. The van der Waals surface area contributed by atoms with Gasteiger partial charge in [0.05, 0.1) is 6.20 Å². The van der Waals surface area contributed by atoms with Crippen LogP contribution in [0.15, 0.2) is 49.1 Å². The Labute approximate surface area is 164 Å². The molecule has 1 fully saturated rings. The van der Waals surface area contributed by atoms with Crippen LogP contribution in [0, 0.1) is 0 Å². The maximum absolute atomic E-state index is 5.07. The SMILES string of the molecule is CCc1cc(C2CCCCC2)nc2c(-c3ccc(-n4cccn4)nc3)cnn12. The first-order valence-electron chi connectivity index (χ1n) is 10.2. The van der Waals surface area contributed by atoms with Crippen molar-refractivity contribution in [2.24, 2.45) is 0 Å². The molecule has 0 spiro atoms. The van der Waals surface area contributed by atoms with E-state index in [4.69, 9.17) is 4.98 Å². The molecule has 0 aliphatic heterocycles. The summed E-state index contributed by atoms with van der Waals surface area (Å²) in [6.45, 7) is 2.18. The Morgan fingerprint density at radius 3 is 2.68 bits per heavy atom. The van der Waals surface area contributed by atoms with Crippen molar-refractivity contribution in [3.05, 3.63) is 60.4 Å². The van der Waals surface area contributed by atoms with Crippen LogP contribution in [-0.2, 0) is 6.42 Å². The first-order valence-corrected chi connectivity index (χ1v) is 10.2.